The molecule has 0 spiro atoms. The lowest BCUT2D eigenvalue weighted by molar-refractivity contribution is -0.115. The van der Waals surface area contributed by atoms with Crippen molar-refractivity contribution in [2.75, 3.05) is 25.0 Å². The molecular formula is C18H24ClFN4OS. The Morgan fingerprint density at radius 3 is 2.81 bits per heavy atom. The first-order valence-corrected chi connectivity index (χ1v) is 9.35. The van der Waals surface area contributed by atoms with E-state index in [0.29, 0.717) is 16.9 Å². The van der Waals surface area contributed by atoms with Gasteiger partial charge in [-0.2, -0.15) is 0 Å². The lowest BCUT2D eigenvalue weighted by Crippen LogP contribution is -2.43. The summed E-state index contributed by atoms with van der Waals surface area (Å²) in [6.45, 7) is 4.35. The van der Waals surface area contributed by atoms with Crippen molar-refractivity contribution < 1.29 is 9.18 Å². The van der Waals surface area contributed by atoms with Crippen molar-refractivity contribution in [1.82, 2.24) is 15.2 Å². The Labute approximate surface area is 163 Å². The Bertz CT molecular complexity index is 724. The van der Waals surface area contributed by atoms with Gasteiger partial charge in [-0.1, -0.05) is 0 Å². The number of aromatic nitrogens is 1. The van der Waals surface area contributed by atoms with Gasteiger partial charge in [0.15, 0.2) is 5.13 Å². The van der Waals surface area contributed by atoms with Gasteiger partial charge in [0.1, 0.15) is 5.82 Å². The summed E-state index contributed by atoms with van der Waals surface area (Å²) in [4.78, 5) is 20.7. The van der Waals surface area contributed by atoms with Gasteiger partial charge in [0.2, 0.25) is 5.91 Å². The van der Waals surface area contributed by atoms with Crippen LogP contribution in [0.15, 0.2) is 29.6 Å². The fraction of sp³-hybridized carbons (Fsp3) is 0.444. The molecule has 2 heterocycles. The van der Waals surface area contributed by atoms with Crippen LogP contribution < -0.4 is 10.2 Å². The fourth-order valence-electron chi connectivity index (χ4n) is 3.15. The molecule has 1 unspecified atom stereocenters. The molecule has 26 heavy (non-hydrogen) atoms. The van der Waals surface area contributed by atoms with Gasteiger partial charge in [-0.15, -0.1) is 23.7 Å². The quantitative estimate of drug-likeness (QED) is 0.836. The van der Waals surface area contributed by atoms with E-state index in [1.807, 2.05) is 12.4 Å². The number of anilines is 2. The second kappa shape index (κ2) is 9.41. The summed E-state index contributed by atoms with van der Waals surface area (Å²) >= 11 is 1.44. The van der Waals surface area contributed by atoms with Gasteiger partial charge >= 0.3 is 0 Å². The van der Waals surface area contributed by atoms with Crippen molar-refractivity contribution in [3.63, 3.8) is 0 Å². The number of carbonyl (C=O) groups excluding carboxylic acids is 1. The summed E-state index contributed by atoms with van der Waals surface area (Å²) in [7, 11) is 2.00. The molecule has 3 rings (SSSR count). The van der Waals surface area contributed by atoms with Crippen LogP contribution in [-0.2, 0) is 11.3 Å². The predicted octanol–water partition coefficient (Wildman–Crippen LogP) is 3.57. The zero-order valence-corrected chi connectivity index (χ0v) is 16.6. The maximum atomic E-state index is 13.2. The number of thiazole rings is 1. The molecule has 2 aromatic rings. The van der Waals surface area contributed by atoms with E-state index >= 15 is 0 Å². The van der Waals surface area contributed by atoms with Gasteiger partial charge in [-0.05, 0) is 50.7 Å². The van der Waals surface area contributed by atoms with E-state index in [0.717, 1.165) is 25.3 Å². The minimum absolute atomic E-state index is 0. The standard InChI is InChI=1S/C18H23FN4OS.ClH/c1-13(24)23(17-7-5-14(19)6-8-17)18-21-16(12-25-18)11-22-9-3-4-15(10-22)20-2;/h5-8,12,15,20H,3-4,9-11H2,1-2H3;1H. The molecule has 1 fully saturated rings. The number of likely N-dealkylation sites (tertiary alicyclic amines) is 1. The summed E-state index contributed by atoms with van der Waals surface area (Å²) in [5.74, 6) is -0.461. The number of carbonyl (C=O) groups is 1. The zero-order valence-electron chi connectivity index (χ0n) is 14.9. The second-order valence-electron chi connectivity index (χ2n) is 6.32. The number of nitrogens with zero attached hydrogens (tertiary/aromatic N) is 3. The van der Waals surface area contributed by atoms with E-state index in [9.17, 15) is 9.18 Å². The minimum Gasteiger partial charge on any atom is -0.316 e. The van der Waals surface area contributed by atoms with E-state index in [1.165, 1.54) is 48.1 Å². The SMILES string of the molecule is CNC1CCCN(Cc2csc(N(C(C)=O)c3ccc(F)cc3)n2)C1.Cl. The minimum atomic E-state index is -0.323. The number of hydrogen-bond acceptors (Lipinski definition) is 5. The van der Waals surface area contributed by atoms with E-state index in [2.05, 4.69) is 15.2 Å². The number of hydrogen-bond donors (Lipinski definition) is 1. The molecule has 1 saturated heterocycles. The van der Waals surface area contributed by atoms with E-state index < -0.39 is 0 Å². The molecule has 142 valence electrons. The topological polar surface area (TPSA) is 48.5 Å². The molecule has 1 aliphatic rings. The van der Waals surface area contributed by atoms with Crippen LogP contribution in [0.25, 0.3) is 0 Å². The summed E-state index contributed by atoms with van der Waals surface area (Å²) in [6, 6.07) is 6.43. The van der Waals surface area contributed by atoms with Gasteiger partial charge in [0.25, 0.3) is 0 Å². The van der Waals surface area contributed by atoms with Gasteiger partial charge in [0, 0.05) is 31.4 Å². The van der Waals surface area contributed by atoms with Crippen molar-refractivity contribution in [3.8, 4) is 0 Å². The Kier molecular flexibility index (Phi) is 7.52. The van der Waals surface area contributed by atoms with Crippen molar-refractivity contribution in [2.45, 2.75) is 32.4 Å². The molecule has 5 nitrogen and oxygen atoms in total. The highest BCUT2D eigenvalue weighted by atomic mass is 35.5. The molecule has 1 amide bonds. The maximum Gasteiger partial charge on any atom is 0.230 e. The molecule has 1 aromatic heterocycles. The average molecular weight is 399 g/mol. The van der Waals surface area contributed by atoms with Gasteiger partial charge in [0.05, 0.1) is 11.4 Å². The third-order valence-corrected chi connectivity index (χ3v) is 5.30. The lowest BCUT2D eigenvalue weighted by atomic mass is 10.1. The van der Waals surface area contributed by atoms with Crippen LogP contribution in [0.2, 0.25) is 0 Å². The normalized spacial score (nSPS) is 17.6. The molecule has 1 N–H and O–H groups in total. The summed E-state index contributed by atoms with van der Waals surface area (Å²) in [6.07, 6.45) is 2.38. The highest BCUT2D eigenvalue weighted by Gasteiger charge is 2.21. The Balaban J connectivity index is 0.00000243. The van der Waals surface area contributed by atoms with Gasteiger partial charge in [-0.3, -0.25) is 14.6 Å². The van der Waals surface area contributed by atoms with Crippen LogP contribution >= 0.6 is 23.7 Å². The largest absolute Gasteiger partial charge is 0.316 e. The summed E-state index contributed by atoms with van der Waals surface area (Å²) in [5, 5.41) is 5.96. The highest BCUT2D eigenvalue weighted by molar-refractivity contribution is 7.14. The highest BCUT2D eigenvalue weighted by Crippen LogP contribution is 2.29. The lowest BCUT2D eigenvalue weighted by Gasteiger charge is -2.31. The molecule has 0 saturated carbocycles. The van der Waals surface area contributed by atoms with Crippen LogP contribution in [0.3, 0.4) is 0 Å². The van der Waals surface area contributed by atoms with Crippen molar-refractivity contribution in [2.24, 2.45) is 0 Å². The molecular weight excluding hydrogens is 375 g/mol. The number of likely N-dealkylation sites (N-methyl/N-ethyl adjacent to an activating group) is 1. The summed E-state index contributed by atoms with van der Waals surface area (Å²) < 4.78 is 13.2. The Morgan fingerprint density at radius 2 is 2.15 bits per heavy atom. The number of piperidine rings is 1. The molecule has 8 heteroatoms. The van der Waals surface area contributed by atoms with Gasteiger partial charge in [-0.25, -0.2) is 9.37 Å². The van der Waals surface area contributed by atoms with Crippen LogP contribution in [0.4, 0.5) is 15.2 Å². The van der Waals surface area contributed by atoms with Gasteiger partial charge < -0.3 is 5.32 Å². The molecule has 0 bridgehead atoms. The zero-order chi connectivity index (χ0) is 17.8. The van der Waals surface area contributed by atoms with E-state index in [4.69, 9.17) is 0 Å². The third kappa shape index (κ3) is 5.01. The smallest absolute Gasteiger partial charge is 0.230 e. The van der Waals surface area contributed by atoms with Crippen LogP contribution in [0.1, 0.15) is 25.5 Å². The number of halogens is 2. The Hall–Kier alpha value is -1.54. The second-order valence-corrected chi connectivity index (χ2v) is 7.15. The first-order valence-electron chi connectivity index (χ1n) is 8.47. The first-order chi connectivity index (χ1) is 12.1. The number of benzene rings is 1. The van der Waals surface area contributed by atoms with Crippen molar-refractivity contribution in [1.29, 1.82) is 0 Å². The molecule has 1 atom stereocenters. The van der Waals surface area contributed by atoms with Crippen LogP contribution in [0, 0.1) is 5.82 Å². The number of rotatable bonds is 5. The predicted molar refractivity (Wildman–Crippen MR) is 106 cm³/mol. The third-order valence-electron chi connectivity index (χ3n) is 4.43. The molecule has 1 aliphatic heterocycles. The summed E-state index contributed by atoms with van der Waals surface area (Å²) in [5.41, 5.74) is 1.59. The fourth-order valence-corrected chi connectivity index (χ4v) is 4.03. The van der Waals surface area contributed by atoms with E-state index in [1.54, 1.807) is 12.1 Å². The van der Waals surface area contributed by atoms with Crippen molar-refractivity contribution >= 4 is 40.5 Å². The van der Waals surface area contributed by atoms with E-state index in [-0.39, 0.29) is 24.1 Å². The van der Waals surface area contributed by atoms with Crippen molar-refractivity contribution in [3.05, 3.63) is 41.2 Å². The Morgan fingerprint density at radius 1 is 1.42 bits per heavy atom. The molecule has 1 aromatic carbocycles. The monoisotopic (exact) mass is 398 g/mol. The van der Waals surface area contributed by atoms with Crippen LogP contribution in [-0.4, -0.2) is 42.0 Å². The number of amides is 1. The molecule has 0 radical (unpaired) electrons. The average Bonchev–Trinajstić information content (AvgIpc) is 3.04. The maximum absolute atomic E-state index is 13.2. The van der Waals surface area contributed by atoms with Crippen LogP contribution in [0.5, 0.6) is 0 Å². The molecule has 0 aliphatic carbocycles. The number of nitrogens with one attached hydrogen (secondary N) is 1. The first kappa shape index (κ1) is 20.8.